The number of nitrogens with zero attached hydrogens (tertiary/aromatic N) is 1. The van der Waals surface area contributed by atoms with E-state index in [1.807, 2.05) is 0 Å². The molecule has 0 amide bonds. The van der Waals surface area contributed by atoms with Gasteiger partial charge in [-0.05, 0) is 44.0 Å². The highest BCUT2D eigenvalue weighted by atomic mass is 32.2. The molecule has 0 aromatic heterocycles. The average Bonchev–Trinajstić information content (AvgIpc) is 2.83. The van der Waals surface area contributed by atoms with Crippen LogP contribution in [0.5, 0.6) is 11.5 Å². The second kappa shape index (κ2) is 3.89. The zero-order valence-electron chi connectivity index (χ0n) is 12.0. The summed E-state index contributed by atoms with van der Waals surface area (Å²) in [6.45, 7) is 1.03. The van der Waals surface area contributed by atoms with Crippen molar-refractivity contribution in [1.82, 2.24) is 4.90 Å². The van der Waals surface area contributed by atoms with Gasteiger partial charge in [-0.25, -0.2) is 0 Å². The lowest BCUT2D eigenvalue weighted by Crippen LogP contribution is -2.66. The number of piperidine rings is 1. The lowest BCUT2D eigenvalue weighted by molar-refractivity contribution is -0.0401. The van der Waals surface area contributed by atoms with E-state index in [9.17, 15) is 10.2 Å². The van der Waals surface area contributed by atoms with Crippen molar-refractivity contribution in [3.8, 4) is 11.5 Å². The van der Waals surface area contributed by atoms with Crippen LogP contribution in [0.15, 0.2) is 12.1 Å². The van der Waals surface area contributed by atoms with Gasteiger partial charge < -0.3 is 19.8 Å². The molecule has 112 valence electrons. The van der Waals surface area contributed by atoms with Crippen LogP contribution in [-0.4, -0.2) is 52.0 Å². The number of aliphatic hydroxyl groups is 1. The Bertz CT molecular complexity index is 636. The third kappa shape index (κ3) is 1.32. The summed E-state index contributed by atoms with van der Waals surface area (Å²) in [4.78, 5) is 2.47. The Balaban J connectivity index is 1.81. The molecule has 1 aromatic rings. The van der Waals surface area contributed by atoms with Gasteiger partial charge in [0.2, 0.25) is 0 Å². The van der Waals surface area contributed by atoms with Crippen molar-refractivity contribution in [3.05, 3.63) is 23.3 Å². The van der Waals surface area contributed by atoms with Gasteiger partial charge in [-0.15, -0.1) is 11.8 Å². The Morgan fingerprint density at radius 2 is 2.29 bits per heavy atom. The Kier molecular flexibility index (Phi) is 2.34. The number of phenolic OH excluding ortho intramolecular Hbond substituents is 1. The number of hydrogen-bond donors (Lipinski definition) is 2. The minimum absolute atomic E-state index is 0.0937. The zero-order chi connectivity index (χ0) is 14.4. The van der Waals surface area contributed by atoms with Crippen LogP contribution in [0, 0.1) is 5.92 Å². The lowest BCUT2D eigenvalue weighted by atomic mass is 9.56. The van der Waals surface area contributed by atoms with Gasteiger partial charge in [0.25, 0.3) is 0 Å². The maximum Gasteiger partial charge on any atom is 0.165 e. The van der Waals surface area contributed by atoms with Crippen molar-refractivity contribution in [2.45, 2.75) is 35.8 Å². The molecule has 3 heterocycles. The van der Waals surface area contributed by atoms with Gasteiger partial charge in [0, 0.05) is 22.8 Å². The van der Waals surface area contributed by atoms with Crippen LogP contribution in [0.1, 0.15) is 17.5 Å². The highest BCUT2D eigenvalue weighted by Crippen LogP contribution is 2.63. The van der Waals surface area contributed by atoms with Crippen LogP contribution in [-0.2, 0) is 11.8 Å². The first-order valence-corrected chi connectivity index (χ1v) is 8.69. The quantitative estimate of drug-likeness (QED) is 0.757. The molecule has 2 saturated heterocycles. The highest BCUT2D eigenvalue weighted by Gasteiger charge is 2.65. The normalized spacial score (nSPS) is 43.3. The summed E-state index contributed by atoms with van der Waals surface area (Å²) in [5.74, 6) is 2.35. The van der Waals surface area contributed by atoms with Gasteiger partial charge in [0.1, 0.15) is 11.5 Å². The van der Waals surface area contributed by atoms with Crippen molar-refractivity contribution in [2.24, 2.45) is 5.92 Å². The monoisotopic (exact) mass is 305 g/mol. The summed E-state index contributed by atoms with van der Waals surface area (Å²) in [6.07, 6.45) is 1.83. The van der Waals surface area contributed by atoms with E-state index in [0.29, 0.717) is 17.7 Å². The molecule has 0 unspecified atom stereocenters. The summed E-state index contributed by atoms with van der Waals surface area (Å²) < 4.78 is 6.12. The smallest absolute Gasteiger partial charge is 0.165 e. The molecule has 2 N–H and O–H groups in total. The number of thioether (sulfide) groups is 1. The topological polar surface area (TPSA) is 52.9 Å². The molecule has 0 radical (unpaired) electrons. The van der Waals surface area contributed by atoms with Gasteiger partial charge in [-0.3, -0.25) is 0 Å². The van der Waals surface area contributed by atoms with Crippen LogP contribution >= 0.6 is 11.8 Å². The van der Waals surface area contributed by atoms with E-state index in [1.54, 1.807) is 17.8 Å². The maximum absolute atomic E-state index is 10.5. The number of benzene rings is 1. The first-order chi connectivity index (χ1) is 10.1. The summed E-state index contributed by atoms with van der Waals surface area (Å²) in [5.41, 5.74) is 1.92. The maximum atomic E-state index is 10.5. The number of ether oxygens (including phenoxy) is 1. The van der Waals surface area contributed by atoms with E-state index in [-0.39, 0.29) is 17.3 Å². The number of rotatable bonds is 0. The molecule has 21 heavy (non-hydrogen) atoms. The van der Waals surface area contributed by atoms with Crippen LogP contribution in [0.25, 0.3) is 0 Å². The van der Waals surface area contributed by atoms with E-state index >= 15 is 0 Å². The second-order valence-electron chi connectivity index (χ2n) is 6.86. The summed E-state index contributed by atoms with van der Waals surface area (Å²) in [7, 11) is 2.21. The number of aliphatic hydroxyl groups excluding tert-OH is 1. The summed E-state index contributed by atoms with van der Waals surface area (Å²) in [6, 6.07) is 4.32. The number of aromatic hydroxyl groups is 1. The number of likely N-dealkylation sites (N-methyl/N-ethyl adjacent to an activating group) is 1. The molecule has 2 bridgehead atoms. The largest absolute Gasteiger partial charge is 0.504 e. The van der Waals surface area contributed by atoms with E-state index in [0.717, 1.165) is 25.1 Å². The van der Waals surface area contributed by atoms with E-state index in [2.05, 4.69) is 18.0 Å². The Morgan fingerprint density at radius 3 is 3.14 bits per heavy atom. The Morgan fingerprint density at radius 1 is 1.43 bits per heavy atom. The Labute approximate surface area is 128 Å². The average molecular weight is 305 g/mol. The summed E-state index contributed by atoms with van der Waals surface area (Å²) in [5, 5.41) is 20.7. The molecule has 5 atom stereocenters. The van der Waals surface area contributed by atoms with Gasteiger partial charge in [-0.2, -0.15) is 0 Å². The van der Waals surface area contributed by atoms with Crippen LogP contribution < -0.4 is 4.74 Å². The molecular weight excluding hydrogens is 286 g/mol. The highest BCUT2D eigenvalue weighted by molar-refractivity contribution is 7.99. The minimum atomic E-state index is -0.497. The third-order valence-corrected chi connectivity index (χ3v) is 7.29. The number of likely N-dealkylation sites (tertiary alicyclic amines) is 1. The van der Waals surface area contributed by atoms with Crippen molar-refractivity contribution >= 4 is 11.8 Å². The van der Waals surface area contributed by atoms with Crippen molar-refractivity contribution in [3.63, 3.8) is 0 Å². The molecule has 5 rings (SSSR count). The fourth-order valence-corrected chi connectivity index (χ4v) is 6.60. The predicted octanol–water partition coefficient (Wildman–Crippen LogP) is 1.33. The molecule has 4 nitrogen and oxygen atoms in total. The van der Waals surface area contributed by atoms with Crippen LogP contribution in [0.4, 0.5) is 0 Å². The molecule has 0 saturated carbocycles. The van der Waals surface area contributed by atoms with E-state index in [1.165, 1.54) is 11.1 Å². The fourth-order valence-electron chi connectivity index (χ4n) is 5.20. The number of hydrogen-bond acceptors (Lipinski definition) is 5. The van der Waals surface area contributed by atoms with Gasteiger partial charge >= 0.3 is 0 Å². The second-order valence-corrected chi connectivity index (χ2v) is 8.01. The van der Waals surface area contributed by atoms with E-state index in [4.69, 9.17) is 4.74 Å². The number of phenols is 1. The third-order valence-electron chi connectivity index (χ3n) is 6.15. The minimum Gasteiger partial charge on any atom is -0.504 e. The zero-order valence-corrected chi connectivity index (χ0v) is 12.8. The molecule has 5 heteroatoms. The van der Waals surface area contributed by atoms with Crippen LogP contribution in [0.3, 0.4) is 0 Å². The fraction of sp³-hybridized carbons (Fsp3) is 0.625. The van der Waals surface area contributed by atoms with Crippen molar-refractivity contribution in [1.29, 1.82) is 0 Å². The van der Waals surface area contributed by atoms with Gasteiger partial charge in [-0.1, -0.05) is 6.07 Å². The molecule has 1 aromatic carbocycles. The molecule has 2 fully saturated rings. The van der Waals surface area contributed by atoms with Crippen molar-refractivity contribution < 1.29 is 14.9 Å². The molecule has 1 aliphatic carbocycles. The lowest BCUT2D eigenvalue weighted by Gasteiger charge is -2.58. The first kappa shape index (κ1) is 12.6. The van der Waals surface area contributed by atoms with Gasteiger partial charge in [0.15, 0.2) is 11.5 Å². The first-order valence-electron chi connectivity index (χ1n) is 7.65. The predicted molar refractivity (Wildman–Crippen MR) is 80.9 cm³/mol. The van der Waals surface area contributed by atoms with E-state index < -0.39 is 5.44 Å². The van der Waals surface area contributed by atoms with Crippen molar-refractivity contribution in [2.75, 3.05) is 19.3 Å². The SMILES string of the molecule is CN1CC[C@]23c4c5ccc(O)c4O[C@H]2[C@@H](O)SC[C@H]3[C@H]1C5. The molecule has 3 aliphatic heterocycles. The Hall–Kier alpha value is -0.910. The molecular formula is C16H19NO3S. The van der Waals surface area contributed by atoms with Gasteiger partial charge in [0.05, 0.1) is 0 Å². The molecule has 1 spiro atoms. The molecule has 4 aliphatic rings. The summed E-state index contributed by atoms with van der Waals surface area (Å²) >= 11 is 1.61. The van der Waals surface area contributed by atoms with Crippen LogP contribution in [0.2, 0.25) is 0 Å². The standard InChI is InChI=1S/C16H19NO3S/c1-17-5-4-16-9-7-21-15(19)14(16)20-13-11(18)3-2-8(12(13)16)6-10(9)17/h2-3,9-10,14-15,18-19H,4-7H2,1H3/t9-,10+,14-,15-,16-/m0/s1.